The number of amides is 1. The lowest BCUT2D eigenvalue weighted by atomic mass is 10.2. The molecule has 0 aliphatic carbocycles. The quantitative estimate of drug-likeness (QED) is 0.390. The van der Waals surface area contributed by atoms with Crippen LogP contribution in [0.15, 0.2) is 52.4 Å². The first-order valence-electron chi connectivity index (χ1n) is 9.09. The zero-order valence-corrected chi connectivity index (χ0v) is 18.7. The molecule has 152 valence electrons. The average molecular weight is 450 g/mol. The van der Waals surface area contributed by atoms with Crippen LogP contribution in [-0.4, -0.2) is 33.2 Å². The lowest BCUT2D eigenvalue weighted by Crippen LogP contribution is -2.29. The van der Waals surface area contributed by atoms with Gasteiger partial charge in [0.25, 0.3) is 5.56 Å². The van der Waals surface area contributed by atoms with Crippen LogP contribution in [-0.2, 0) is 11.3 Å². The fourth-order valence-electron chi connectivity index (χ4n) is 2.94. The van der Waals surface area contributed by atoms with Crippen molar-refractivity contribution < 1.29 is 4.79 Å². The molecule has 2 aromatic carbocycles. The van der Waals surface area contributed by atoms with Crippen LogP contribution < -0.4 is 5.56 Å². The maximum absolute atomic E-state index is 12.9. The maximum atomic E-state index is 12.9. The second-order valence-corrected chi connectivity index (χ2v) is 8.81. The number of thioether (sulfide) groups is 1. The molecule has 29 heavy (non-hydrogen) atoms. The first kappa shape index (κ1) is 21.7. The van der Waals surface area contributed by atoms with Crippen molar-refractivity contribution in [3.05, 3.63) is 68.4 Å². The molecule has 8 heteroatoms. The van der Waals surface area contributed by atoms with Crippen molar-refractivity contribution >= 4 is 51.8 Å². The fourth-order valence-corrected chi connectivity index (χ4v) is 4.39. The Labute approximate surface area is 183 Å². The Morgan fingerprint density at radius 3 is 2.59 bits per heavy atom. The monoisotopic (exact) mass is 449 g/mol. The molecule has 0 N–H and O–H groups in total. The predicted octanol–water partition coefficient (Wildman–Crippen LogP) is 5.03. The topological polar surface area (TPSA) is 55.2 Å². The molecule has 0 spiro atoms. The van der Waals surface area contributed by atoms with Crippen LogP contribution in [0, 0.1) is 0 Å². The Bertz CT molecular complexity index is 1110. The minimum absolute atomic E-state index is 0.0641. The van der Waals surface area contributed by atoms with E-state index in [2.05, 4.69) is 4.98 Å². The number of carbonyl (C=O) groups excluding carboxylic acids is 1. The number of halogens is 2. The molecule has 0 saturated heterocycles. The van der Waals surface area contributed by atoms with E-state index in [4.69, 9.17) is 23.2 Å². The molecule has 0 aliphatic rings. The summed E-state index contributed by atoms with van der Waals surface area (Å²) in [4.78, 5) is 31.8. The summed E-state index contributed by atoms with van der Waals surface area (Å²) >= 11 is 13.3. The van der Waals surface area contributed by atoms with Crippen molar-refractivity contribution in [1.29, 1.82) is 0 Å². The van der Waals surface area contributed by atoms with Crippen LogP contribution >= 0.6 is 35.0 Å². The van der Waals surface area contributed by atoms with Crippen molar-refractivity contribution in [1.82, 2.24) is 14.5 Å². The Hall–Kier alpha value is -2.02. The highest BCUT2D eigenvalue weighted by Gasteiger charge is 2.17. The molecule has 0 fully saturated rings. The predicted molar refractivity (Wildman–Crippen MR) is 120 cm³/mol. The van der Waals surface area contributed by atoms with Gasteiger partial charge in [-0.15, -0.1) is 0 Å². The number of carbonyl (C=O) groups is 1. The van der Waals surface area contributed by atoms with E-state index >= 15 is 0 Å². The van der Waals surface area contributed by atoms with Gasteiger partial charge in [-0.1, -0.05) is 47.1 Å². The van der Waals surface area contributed by atoms with Gasteiger partial charge in [0.1, 0.15) is 0 Å². The number of hydrogen-bond donors (Lipinski definition) is 0. The second kappa shape index (κ2) is 9.20. The first-order valence-corrected chi connectivity index (χ1v) is 10.8. The Morgan fingerprint density at radius 1 is 1.17 bits per heavy atom. The Kier molecular flexibility index (Phi) is 6.88. The molecule has 1 aromatic heterocycles. The van der Waals surface area contributed by atoms with Gasteiger partial charge in [-0.2, -0.15) is 0 Å². The second-order valence-electron chi connectivity index (χ2n) is 6.99. The molecule has 3 rings (SSSR count). The van der Waals surface area contributed by atoms with Crippen LogP contribution in [0.25, 0.3) is 10.9 Å². The van der Waals surface area contributed by atoms with E-state index in [1.807, 2.05) is 32.0 Å². The van der Waals surface area contributed by atoms with Gasteiger partial charge < -0.3 is 4.90 Å². The van der Waals surface area contributed by atoms with Gasteiger partial charge in [0, 0.05) is 29.7 Å². The Balaban J connectivity index is 1.81. The van der Waals surface area contributed by atoms with E-state index in [1.165, 1.54) is 11.8 Å². The average Bonchev–Trinajstić information content (AvgIpc) is 2.65. The van der Waals surface area contributed by atoms with E-state index in [0.29, 0.717) is 32.6 Å². The number of benzene rings is 2. The van der Waals surface area contributed by atoms with Crippen molar-refractivity contribution in [3.8, 4) is 0 Å². The molecular formula is C21H21Cl2N3O2S. The van der Waals surface area contributed by atoms with E-state index in [1.54, 1.807) is 40.8 Å². The highest BCUT2D eigenvalue weighted by Crippen LogP contribution is 2.23. The van der Waals surface area contributed by atoms with Gasteiger partial charge in [0.15, 0.2) is 5.16 Å². The van der Waals surface area contributed by atoms with Crippen molar-refractivity contribution in [2.24, 2.45) is 0 Å². The Morgan fingerprint density at radius 2 is 1.90 bits per heavy atom. The zero-order valence-electron chi connectivity index (χ0n) is 16.4. The van der Waals surface area contributed by atoms with E-state index in [9.17, 15) is 9.59 Å². The van der Waals surface area contributed by atoms with E-state index in [-0.39, 0.29) is 23.3 Å². The van der Waals surface area contributed by atoms with Crippen LogP contribution in [0.3, 0.4) is 0 Å². The number of fused-ring (bicyclic) bond motifs is 1. The standard InChI is InChI=1S/C21H21Cl2N3O2S/c1-13(2)26-20(28)17-8-7-16(23)10-18(17)24-21(26)29-12-19(27)25(3)11-14-5-4-6-15(22)9-14/h4-10,13H,11-12H2,1-3H3. The largest absolute Gasteiger partial charge is 0.341 e. The number of rotatable bonds is 6. The van der Waals surface area contributed by atoms with Crippen LogP contribution in [0.4, 0.5) is 0 Å². The molecule has 1 amide bonds. The van der Waals surface area contributed by atoms with Gasteiger partial charge in [-0.3, -0.25) is 14.2 Å². The zero-order chi connectivity index (χ0) is 21.1. The minimum Gasteiger partial charge on any atom is -0.341 e. The van der Waals surface area contributed by atoms with Crippen molar-refractivity contribution in [3.63, 3.8) is 0 Å². The molecule has 0 bridgehead atoms. The highest BCUT2D eigenvalue weighted by molar-refractivity contribution is 7.99. The number of nitrogens with zero attached hydrogens (tertiary/aromatic N) is 3. The smallest absolute Gasteiger partial charge is 0.262 e. The third kappa shape index (κ3) is 5.13. The van der Waals surface area contributed by atoms with Crippen LogP contribution in [0.1, 0.15) is 25.5 Å². The molecule has 1 heterocycles. The molecule has 5 nitrogen and oxygen atoms in total. The third-order valence-corrected chi connectivity index (χ3v) is 5.81. The molecule has 0 unspecified atom stereocenters. The molecule has 3 aromatic rings. The van der Waals surface area contributed by atoms with Gasteiger partial charge in [-0.25, -0.2) is 4.98 Å². The van der Waals surface area contributed by atoms with Gasteiger partial charge in [0.2, 0.25) is 5.91 Å². The number of hydrogen-bond acceptors (Lipinski definition) is 4. The molecule has 0 radical (unpaired) electrons. The summed E-state index contributed by atoms with van der Waals surface area (Å²) in [5.74, 6) is 0.105. The molecule has 0 atom stereocenters. The van der Waals surface area contributed by atoms with Crippen LogP contribution in [0.5, 0.6) is 0 Å². The summed E-state index contributed by atoms with van der Waals surface area (Å²) in [6, 6.07) is 12.4. The molecule has 0 aliphatic heterocycles. The summed E-state index contributed by atoms with van der Waals surface area (Å²) in [5.41, 5.74) is 1.35. The summed E-state index contributed by atoms with van der Waals surface area (Å²) in [7, 11) is 1.74. The molecular weight excluding hydrogens is 429 g/mol. The normalized spacial score (nSPS) is 11.2. The fraction of sp³-hybridized carbons (Fsp3) is 0.286. The summed E-state index contributed by atoms with van der Waals surface area (Å²) in [6.07, 6.45) is 0. The van der Waals surface area contributed by atoms with Crippen molar-refractivity contribution in [2.45, 2.75) is 31.6 Å². The number of aromatic nitrogens is 2. The van der Waals surface area contributed by atoms with Gasteiger partial charge in [0.05, 0.1) is 16.7 Å². The van der Waals surface area contributed by atoms with Crippen molar-refractivity contribution in [2.75, 3.05) is 12.8 Å². The lowest BCUT2D eigenvalue weighted by molar-refractivity contribution is -0.127. The first-order chi connectivity index (χ1) is 13.8. The van der Waals surface area contributed by atoms with E-state index in [0.717, 1.165) is 5.56 Å². The summed E-state index contributed by atoms with van der Waals surface area (Å²) in [5, 5.41) is 2.17. The summed E-state index contributed by atoms with van der Waals surface area (Å²) in [6.45, 7) is 4.29. The maximum Gasteiger partial charge on any atom is 0.262 e. The van der Waals surface area contributed by atoms with E-state index < -0.39 is 0 Å². The van der Waals surface area contributed by atoms with Gasteiger partial charge in [-0.05, 0) is 49.7 Å². The third-order valence-electron chi connectivity index (χ3n) is 4.41. The van der Waals surface area contributed by atoms with Gasteiger partial charge >= 0.3 is 0 Å². The SMILES string of the molecule is CC(C)n1c(SCC(=O)N(C)Cc2cccc(Cl)c2)nc2cc(Cl)ccc2c1=O. The molecule has 0 saturated carbocycles. The summed E-state index contributed by atoms with van der Waals surface area (Å²) < 4.78 is 1.62. The lowest BCUT2D eigenvalue weighted by Gasteiger charge is -2.19. The highest BCUT2D eigenvalue weighted by atomic mass is 35.5. The van der Waals surface area contributed by atoms with Crippen LogP contribution in [0.2, 0.25) is 10.0 Å². The minimum atomic E-state index is -0.135.